The van der Waals surface area contributed by atoms with Crippen molar-refractivity contribution in [3.63, 3.8) is 0 Å². The van der Waals surface area contributed by atoms with Crippen LogP contribution < -0.4 is 5.32 Å². The van der Waals surface area contributed by atoms with Gasteiger partial charge in [-0.15, -0.1) is 0 Å². The van der Waals surface area contributed by atoms with E-state index in [1.807, 2.05) is 0 Å². The van der Waals surface area contributed by atoms with Gasteiger partial charge in [-0.05, 0) is 37.0 Å². The van der Waals surface area contributed by atoms with E-state index in [0.717, 1.165) is 12.1 Å². The number of benzene rings is 1. The first-order valence-electron chi connectivity index (χ1n) is 6.18. The number of halogens is 6. The summed E-state index contributed by atoms with van der Waals surface area (Å²) in [6.07, 6.45) is -7.89. The minimum absolute atomic E-state index is 0.000630. The SMILES string of the molecule is FC(F)(F)c1ccc(C2CCCC(C(F)(F)F)N2)cc1. The van der Waals surface area contributed by atoms with Crippen molar-refractivity contribution in [2.24, 2.45) is 0 Å². The molecule has 0 spiro atoms. The molecule has 1 fully saturated rings. The molecule has 112 valence electrons. The Bertz CT molecular complexity index is 447. The van der Waals surface area contributed by atoms with E-state index >= 15 is 0 Å². The average Bonchev–Trinajstić information content (AvgIpc) is 2.37. The lowest BCUT2D eigenvalue weighted by molar-refractivity contribution is -0.163. The van der Waals surface area contributed by atoms with Gasteiger partial charge in [-0.2, -0.15) is 26.3 Å². The Morgan fingerprint density at radius 2 is 1.50 bits per heavy atom. The predicted molar refractivity (Wildman–Crippen MR) is 61.0 cm³/mol. The third kappa shape index (κ3) is 3.45. The Morgan fingerprint density at radius 3 is 2.00 bits per heavy atom. The van der Waals surface area contributed by atoms with E-state index in [0.29, 0.717) is 18.4 Å². The lowest BCUT2D eigenvalue weighted by Gasteiger charge is -2.32. The van der Waals surface area contributed by atoms with Gasteiger partial charge in [0.15, 0.2) is 0 Å². The molecular weight excluding hydrogens is 284 g/mol. The molecule has 1 aromatic rings. The summed E-state index contributed by atoms with van der Waals surface area (Å²) in [6, 6.07) is 2.11. The number of hydrogen-bond acceptors (Lipinski definition) is 1. The Kier molecular flexibility index (Phi) is 4.00. The van der Waals surface area contributed by atoms with E-state index in [1.165, 1.54) is 12.1 Å². The molecule has 20 heavy (non-hydrogen) atoms. The third-order valence-electron chi connectivity index (χ3n) is 3.42. The van der Waals surface area contributed by atoms with Crippen molar-refractivity contribution in [2.45, 2.75) is 43.7 Å². The highest BCUT2D eigenvalue weighted by molar-refractivity contribution is 5.27. The molecule has 0 saturated carbocycles. The number of alkyl halides is 6. The van der Waals surface area contributed by atoms with Crippen molar-refractivity contribution in [1.82, 2.24) is 5.32 Å². The fourth-order valence-corrected chi connectivity index (χ4v) is 2.36. The van der Waals surface area contributed by atoms with Gasteiger partial charge in [-0.25, -0.2) is 0 Å². The van der Waals surface area contributed by atoms with Crippen LogP contribution in [0.1, 0.15) is 36.4 Å². The fourth-order valence-electron chi connectivity index (χ4n) is 2.36. The van der Waals surface area contributed by atoms with E-state index in [1.54, 1.807) is 0 Å². The highest BCUT2D eigenvalue weighted by atomic mass is 19.4. The largest absolute Gasteiger partial charge is 0.416 e. The molecule has 0 radical (unpaired) electrons. The molecule has 2 unspecified atom stereocenters. The number of piperidine rings is 1. The third-order valence-corrected chi connectivity index (χ3v) is 3.42. The molecule has 0 bridgehead atoms. The number of nitrogens with one attached hydrogen (secondary N) is 1. The van der Waals surface area contributed by atoms with Crippen LogP contribution in [0.5, 0.6) is 0 Å². The van der Waals surface area contributed by atoms with Gasteiger partial charge in [-0.3, -0.25) is 5.32 Å². The quantitative estimate of drug-likeness (QED) is 0.755. The second kappa shape index (κ2) is 5.27. The van der Waals surface area contributed by atoms with Gasteiger partial charge < -0.3 is 0 Å². The maximum Gasteiger partial charge on any atom is 0.416 e. The fraction of sp³-hybridized carbons (Fsp3) is 0.538. The summed E-state index contributed by atoms with van der Waals surface area (Å²) in [4.78, 5) is 0. The van der Waals surface area contributed by atoms with Crippen LogP contribution in [-0.4, -0.2) is 12.2 Å². The molecule has 2 atom stereocenters. The molecule has 0 amide bonds. The second-order valence-electron chi connectivity index (χ2n) is 4.86. The molecule has 7 heteroatoms. The van der Waals surface area contributed by atoms with E-state index in [-0.39, 0.29) is 6.42 Å². The Morgan fingerprint density at radius 1 is 0.900 bits per heavy atom. The zero-order valence-electron chi connectivity index (χ0n) is 10.4. The van der Waals surface area contributed by atoms with E-state index in [9.17, 15) is 26.3 Å². The highest BCUT2D eigenvalue weighted by Crippen LogP contribution is 2.34. The standard InChI is InChI=1S/C13H13F6N/c14-12(15,16)9-6-4-8(5-7-9)10-2-1-3-11(20-10)13(17,18)19/h4-7,10-11,20H,1-3H2. The van der Waals surface area contributed by atoms with Gasteiger partial charge in [-0.1, -0.05) is 12.1 Å². The van der Waals surface area contributed by atoms with Gasteiger partial charge in [0, 0.05) is 6.04 Å². The predicted octanol–water partition coefficient (Wildman–Crippen LogP) is 4.45. The average molecular weight is 297 g/mol. The number of rotatable bonds is 1. The molecule has 1 nitrogen and oxygen atoms in total. The summed E-state index contributed by atoms with van der Waals surface area (Å²) < 4.78 is 75.2. The monoisotopic (exact) mass is 297 g/mol. The first kappa shape index (κ1) is 15.2. The van der Waals surface area contributed by atoms with E-state index in [4.69, 9.17) is 0 Å². The Labute approximate surface area is 112 Å². The summed E-state index contributed by atoms with van der Waals surface area (Å²) >= 11 is 0. The zero-order valence-corrected chi connectivity index (χ0v) is 10.4. The number of hydrogen-bond donors (Lipinski definition) is 1. The molecule has 1 aromatic carbocycles. The van der Waals surface area contributed by atoms with Crippen LogP contribution in [-0.2, 0) is 6.18 Å². The minimum atomic E-state index is -4.44. The summed E-state index contributed by atoms with van der Waals surface area (Å²) in [5, 5.41) is 2.46. The summed E-state index contributed by atoms with van der Waals surface area (Å²) in [5.41, 5.74) is -0.351. The van der Waals surface area contributed by atoms with Crippen molar-refractivity contribution < 1.29 is 26.3 Å². The Balaban J connectivity index is 2.12. The van der Waals surface area contributed by atoms with Gasteiger partial charge in [0.05, 0.1) is 5.56 Å². The van der Waals surface area contributed by atoms with E-state index < -0.39 is 30.0 Å². The van der Waals surface area contributed by atoms with Gasteiger partial charge >= 0.3 is 12.4 Å². The van der Waals surface area contributed by atoms with Gasteiger partial charge in [0.25, 0.3) is 0 Å². The topological polar surface area (TPSA) is 12.0 Å². The van der Waals surface area contributed by atoms with Crippen molar-refractivity contribution in [1.29, 1.82) is 0 Å². The van der Waals surface area contributed by atoms with Crippen molar-refractivity contribution in [2.75, 3.05) is 0 Å². The molecule has 0 aromatic heterocycles. The van der Waals surface area contributed by atoms with E-state index in [2.05, 4.69) is 5.32 Å². The molecule has 1 saturated heterocycles. The molecule has 2 rings (SSSR count). The molecule has 1 heterocycles. The van der Waals surface area contributed by atoms with Gasteiger partial charge in [0.2, 0.25) is 0 Å². The molecule has 1 aliphatic rings. The second-order valence-corrected chi connectivity index (χ2v) is 4.86. The smallest absolute Gasteiger partial charge is 0.299 e. The van der Waals surface area contributed by atoms with Crippen molar-refractivity contribution in [3.05, 3.63) is 35.4 Å². The molecular formula is C13H13F6N. The zero-order chi connectivity index (χ0) is 15.0. The first-order valence-corrected chi connectivity index (χ1v) is 6.18. The Hall–Kier alpha value is -1.24. The van der Waals surface area contributed by atoms with Crippen LogP contribution in [0.3, 0.4) is 0 Å². The van der Waals surface area contributed by atoms with Crippen LogP contribution in [0.15, 0.2) is 24.3 Å². The minimum Gasteiger partial charge on any atom is -0.299 e. The van der Waals surface area contributed by atoms with Crippen LogP contribution in [0.2, 0.25) is 0 Å². The lowest BCUT2D eigenvalue weighted by atomic mass is 9.92. The summed E-state index contributed by atoms with van der Waals surface area (Å²) in [7, 11) is 0. The van der Waals surface area contributed by atoms with Crippen molar-refractivity contribution in [3.8, 4) is 0 Å². The lowest BCUT2D eigenvalue weighted by Crippen LogP contribution is -2.46. The maximum atomic E-state index is 12.6. The van der Waals surface area contributed by atoms with Crippen LogP contribution in [0.4, 0.5) is 26.3 Å². The van der Waals surface area contributed by atoms with Crippen molar-refractivity contribution >= 4 is 0 Å². The normalized spacial score (nSPS) is 24.7. The summed E-state index contributed by atoms with van der Waals surface area (Å²) in [6.45, 7) is 0. The van der Waals surface area contributed by atoms with Crippen LogP contribution in [0.25, 0.3) is 0 Å². The molecule has 1 N–H and O–H groups in total. The molecule has 1 aliphatic heterocycles. The van der Waals surface area contributed by atoms with Crippen LogP contribution in [0, 0.1) is 0 Å². The van der Waals surface area contributed by atoms with Crippen LogP contribution >= 0.6 is 0 Å². The van der Waals surface area contributed by atoms with Gasteiger partial charge in [0.1, 0.15) is 6.04 Å². The molecule has 0 aliphatic carbocycles. The first-order chi connectivity index (χ1) is 9.18. The summed E-state index contributed by atoms with van der Waals surface area (Å²) in [5.74, 6) is 0. The highest BCUT2D eigenvalue weighted by Gasteiger charge is 2.42. The maximum absolute atomic E-state index is 12.6.